The lowest BCUT2D eigenvalue weighted by Crippen LogP contribution is -2.53. The Morgan fingerprint density at radius 2 is 1.69 bits per heavy atom. The number of esters is 1. The first kappa shape index (κ1) is 37.9. The number of aromatic nitrogens is 2. The summed E-state index contributed by atoms with van der Waals surface area (Å²) in [6, 6.07) is 7.32. The Morgan fingerprint density at radius 1 is 0.981 bits per heavy atom. The van der Waals surface area contributed by atoms with E-state index >= 15 is 0 Å². The highest BCUT2D eigenvalue weighted by Crippen LogP contribution is 2.65. The predicted octanol–water partition coefficient (Wildman–Crippen LogP) is 8.15. The third-order valence-electron chi connectivity index (χ3n) is 12.1. The smallest absolute Gasteiger partial charge is 0.425 e. The molecule has 2 amide bonds. The summed E-state index contributed by atoms with van der Waals surface area (Å²) < 4.78 is 19.3. The Kier molecular flexibility index (Phi) is 10.3. The fourth-order valence-corrected chi connectivity index (χ4v) is 9.65. The van der Waals surface area contributed by atoms with Gasteiger partial charge in [-0.15, -0.1) is 0 Å². The van der Waals surface area contributed by atoms with E-state index in [1.54, 1.807) is 41.5 Å². The Morgan fingerprint density at radius 3 is 2.42 bits per heavy atom. The molecule has 52 heavy (non-hydrogen) atoms. The van der Waals surface area contributed by atoms with Crippen molar-refractivity contribution in [1.29, 1.82) is 0 Å². The van der Waals surface area contributed by atoms with Gasteiger partial charge >= 0.3 is 18.2 Å². The quantitative estimate of drug-likeness (QED) is 0.0531. The molecular formula is C41H59N5O6. The number of carbonyl (C=O) groups excluding carboxylic acids is 3. The van der Waals surface area contributed by atoms with Crippen molar-refractivity contribution >= 4 is 34.9 Å². The largest absolute Gasteiger partial charge is 0.460 e. The maximum atomic E-state index is 13.8. The Balaban J connectivity index is 1.11. The highest BCUT2D eigenvalue weighted by atomic mass is 16.6. The monoisotopic (exact) mass is 717 g/mol. The maximum absolute atomic E-state index is 13.8. The van der Waals surface area contributed by atoms with Crippen molar-refractivity contribution in [3.05, 3.63) is 48.3 Å². The van der Waals surface area contributed by atoms with E-state index in [0.29, 0.717) is 30.6 Å². The van der Waals surface area contributed by atoms with Crippen LogP contribution in [0.1, 0.15) is 113 Å². The summed E-state index contributed by atoms with van der Waals surface area (Å²) in [5, 5.41) is 3.55. The Labute approximate surface area is 308 Å². The number of para-hydroxylation sites is 2. The number of nitrogens with two attached hydrogens (primary N) is 1. The maximum Gasteiger partial charge on any atom is 0.425 e. The van der Waals surface area contributed by atoms with Crippen LogP contribution in [0.5, 0.6) is 0 Å². The lowest BCUT2D eigenvalue weighted by molar-refractivity contribution is -0.158. The minimum atomic E-state index is -1.07. The van der Waals surface area contributed by atoms with Crippen molar-refractivity contribution in [3.8, 4) is 0 Å². The summed E-state index contributed by atoms with van der Waals surface area (Å²) in [4.78, 5) is 43.6. The van der Waals surface area contributed by atoms with Crippen LogP contribution in [0.2, 0.25) is 0 Å². The minimum absolute atomic E-state index is 0.0563. The second kappa shape index (κ2) is 14.2. The number of imidazole rings is 1. The van der Waals surface area contributed by atoms with Crippen LogP contribution >= 0.6 is 0 Å². The molecule has 1 heterocycles. The Bertz CT molecular complexity index is 1730. The SMILES string of the molecule is CC(C)(C)OC(=O)NCCCC(C(=O)O[C@H]1CC[C@@]2(C)C(=CCC3C2CC[C@]2(C)C(n4cnc5ccccc54)=CCC32)C1)N(N)C(=O)OC(C)(C)C. The van der Waals surface area contributed by atoms with Gasteiger partial charge in [0.2, 0.25) is 0 Å². The predicted molar refractivity (Wildman–Crippen MR) is 200 cm³/mol. The van der Waals surface area contributed by atoms with Crippen LogP contribution in [0.3, 0.4) is 0 Å². The molecule has 7 atom stereocenters. The van der Waals surface area contributed by atoms with E-state index in [-0.39, 0.29) is 29.9 Å². The van der Waals surface area contributed by atoms with Gasteiger partial charge in [0.1, 0.15) is 29.7 Å². The molecule has 6 rings (SSSR count). The van der Waals surface area contributed by atoms with Crippen molar-refractivity contribution < 1.29 is 28.6 Å². The number of allylic oxidation sites excluding steroid dienone is 3. The van der Waals surface area contributed by atoms with Crippen LogP contribution < -0.4 is 11.2 Å². The number of nitrogens with one attached hydrogen (secondary N) is 1. The number of hydrogen-bond acceptors (Lipinski definition) is 8. The van der Waals surface area contributed by atoms with Gasteiger partial charge in [-0.25, -0.2) is 30.2 Å². The molecule has 4 aliphatic carbocycles. The van der Waals surface area contributed by atoms with E-state index in [1.165, 1.54) is 16.8 Å². The molecule has 0 radical (unpaired) electrons. The fraction of sp³-hybridized carbons (Fsp3) is 0.659. The number of rotatable bonds is 8. The average Bonchev–Trinajstić information content (AvgIpc) is 3.63. The summed E-state index contributed by atoms with van der Waals surface area (Å²) in [6.07, 6.45) is 12.6. The summed E-state index contributed by atoms with van der Waals surface area (Å²) in [5.41, 5.74) is 3.73. The fourth-order valence-electron chi connectivity index (χ4n) is 9.65. The molecule has 0 saturated heterocycles. The van der Waals surface area contributed by atoms with Crippen molar-refractivity contribution in [3.63, 3.8) is 0 Å². The topological polar surface area (TPSA) is 138 Å². The van der Waals surface area contributed by atoms with Gasteiger partial charge in [-0.3, -0.25) is 0 Å². The number of benzene rings is 1. The molecule has 284 valence electrons. The molecule has 2 fully saturated rings. The van der Waals surface area contributed by atoms with Gasteiger partial charge in [0.25, 0.3) is 0 Å². The van der Waals surface area contributed by atoms with Crippen LogP contribution in [0.4, 0.5) is 9.59 Å². The van der Waals surface area contributed by atoms with Gasteiger partial charge in [0.05, 0.1) is 11.0 Å². The molecule has 0 aliphatic heterocycles. The zero-order chi connectivity index (χ0) is 37.6. The van der Waals surface area contributed by atoms with Crippen molar-refractivity contribution in [1.82, 2.24) is 19.9 Å². The number of hydrogen-bond donors (Lipinski definition) is 2. The molecular weight excluding hydrogens is 658 g/mol. The molecule has 11 heteroatoms. The number of hydrazine groups is 1. The molecule has 4 aliphatic rings. The average molecular weight is 718 g/mol. The van der Waals surface area contributed by atoms with E-state index in [2.05, 4.69) is 54.1 Å². The standard InChI is InChI=1S/C41H59N5O6/c1-38(2,3)51-36(48)43-23-11-14-33(46(42)37(49)52-39(4,5)6)35(47)50-27-19-21-40(7)26(24-27)15-16-28-29-17-18-34(41(29,8)22-20-30(28)40)45-25-44-31-12-9-10-13-32(31)45/h9-10,12-13,15,18,25,27-30,33H,11,14,16-17,19-24,42H2,1-8H3,(H,43,48)/t27-,28?,29?,30?,33?,40-,41-/m0/s1. The zero-order valence-corrected chi connectivity index (χ0v) is 32.4. The molecule has 0 spiro atoms. The summed E-state index contributed by atoms with van der Waals surface area (Å²) in [5.74, 6) is 7.43. The number of alkyl carbamates (subject to hydrolysis) is 1. The normalized spacial score (nSPS) is 29.1. The van der Waals surface area contributed by atoms with E-state index in [0.717, 1.165) is 49.1 Å². The molecule has 4 unspecified atom stereocenters. The number of ether oxygens (including phenoxy) is 3. The van der Waals surface area contributed by atoms with E-state index in [9.17, 15) is 14.4 Å². The van der Waals surface area contributed by atoms with Crippen LogP contribution in [0.25, 0.3) is 16.7 Å². The first-order valence-corrected chi connectivity index (χ1v) is 19.2. The van der Waals surface area contributed by atoms with E-state index in [4.69, 9.17) is 25.0 Å². The van der Waals surface area contributed by atoms with E-state index in [1.807, 2.05) is 12.4 Å². The van der Waals surface area contributed by atoms with Crippen LogP contribution in [-0.4, -0.2) is 62.6 Å². The number of fused-ring (bicyclic) bond motifs is 6. The van der Waals surface area contributed by atoms with Gasteiger partial charge in [0, 0.05) is 24.1 Å². The zero-order valence-electron chi connectivity index (χ0n) is 32.4. The van der Waals surface area contributed by atoms with Crippen LogP contribution in [-0.2, 0) is 19.0 Å². The third kappa shape index (κ3) is 7.61. The number of amides is 2. The minimum Gasteiger partial charge on any atom is -0.460 e. The number of nitrogens with zero attached hydrogens (tertiary/aromatic N) is 3. The highest BCUT2D eigenvalue weighted by Gasteiger charge is 2.57. The Hall–Kier alpha value is -3.86. The summed E-state index contributed by atoms with van der Waals surface area (Å²) >= 11 is 0. The summed E-state index contributed by atoms with van der Waals surface area (Å²) in [7, 11) is 0. The lowest BCUT2D eigenvalue weighted by atomic mass is 9.47. The van der Waals surface area contributed by atoms with E-state index < -0.39 is 35.4 Å². The molecule has 3 N–H and O–H groups in total. The highest BCUT2D eigenvalue weighted by molar-refractivity contribution is 5.82. The van der Waals surface area contributed by atoms with Crippen LogP contribution in [0.15, 0.2) is 48.3 Å². The number of carbonyl (C=O) groups is 3. The first-order chi connectivity index (χ1) is 24.4. The van der Waals surface area contributed by atoms with Gasteiger partial charge in [-0.2, -0.15) is 0 Å². The second-order valence-corrected chi connectivity index (χ2v) is 17.9. The molecule has 1 aromatic heterocycles. The lowest BCUT2D eigenvalue weighted by Gasteiger charge is -2.57. The molecule has 0 bridgehead atoms. The second-order valence-electron chi connectivity index (χ2n) is 17.9. The van der Waals surface area contributed by atoms with Crippen molar-refractivity contribution in [2.75, 3.05) is 6.54 Å². The molecule has 2 saturated carbocycles. The van der Waals surface area contributed by atoms with Gasteiger partial charge in [-0.1, -0.05) is 43.7 Å². The molecule has 11 nitrogen and oxygen atoms in total. The van der Waals surface area contributed by atoms with Crippen LogP contribution in [0, 0.1) is 28.6 Å². The first-order valence-electron chi connectivity index (χ1n) is 19.2. The molecule has 1 aromatic carbocycles. The van der Waals surface area contributed by atoms with Gasteiger partial charge in [-0.05, 0) is 128 Å². The third-order valence-corrected chi connectivity index (χ3v) is 12.1. The van der Waals surface area contributed by atoms with Gasteiger partial charge in [0.15, 0.2) is 0 Å². The van der Waals surface area contributed by atoms with Gasteiger partial charge < -0.3 is 24.1 Å². The van der Waals surface area contributed by atoms with Crippen molar-refractivity contribution in [2.45, 2.75) is 137 Å². The molecule has 2 aromatic rings. The summed E-state index contributed by atoms with van der Waals surface area (Å²) in [6.45, 7) is 15.8. The van der Waals surface area contributed by atoms with Crippen molar-refractivity contribution in [2.24, 2.45) is 34.4 Å².